The molecule has 0 aliphatic heterocycles. The Morgan fingerprint density at radius 3 is 1.19 bits per heavy atom. The van der Waals surface area contributed by atoms with Gasteiger partial charge in [-0.2, -0.15) is 73.9 Å². The van der Waals surface area contributed by atoms with Gasteiger partial charge in [-0.3, -0.25) is 0 Å². The van der Waals surface area contributed by atoms with Gasteiger partial charge in [0.1, 0.15) is 0 Å². The molecule has 0 N–H and O–H groups in total. The number of hydrogen-bond acceptors (Lipinski definition) is 0. The van der Waals surface area contributed by atoms with Gasteiger partial charge < -0.3 is 15.2 Å². The fourth-order valence-electron chi connectivity index (χ4n) is 5.71. The van der Waals surface area contributed by atoms with Crippen LogP contribution in [0.2, 0.25) is 0 Å². The number of benzene rings is 7. The van der Waals surface area contributed by atoms with Crippen LogP contribution in [-0.4, -0.2) is 4.57 Å². The topological polar surface area (TPSA) is 33.1 Å². The van der Waals surface area contributed by atoms with Crippen LogP contribution in [0, 0.1) is 34.6 Å². The largest absolute Gasteiger partial charge is 0.682 e. The Bertz CT molecular complexity index is 2050. The first kappa shape index (κ1) is 40.4. The van der Waals surface area contributed by atoms with E-state index in [1.807, 2.05) is 97.1 Å². The Hall–Kier alpha value is -5.42. The van der Waals surface area contributed by atoms with E-state index >= 15 is 0 Å². The first-order chi connectivity index (χ1) is 25.4. The second-order valence-electron chi connectivity index (χ2n) is 12.4. The summed E-state index contributed by atoms with van der Waals surface area (Å²) >= 11 is 0. The first-order valence-electron chi connectivity index (χ1n) is 17.5. The van der Waals surface area contributed by atoms with Gasteiger partial charge in [-0.25, -0.2) is 0 Å². The van der Waals surface area contributed by atoms with Crippen molar-refractivity contribution in [2.75, 3.05) is 0 Å². The molecular formula is C49H46HfN3-5. The van der Waals surface area contributed by atoms with Crippen LogP contribution < -0.4 is 0 Å². The summed E-state index contributed by atoms with van der Waals surface area (Å²) in [6, 6.07) is 63.4. The number of para-hydroxylation sites is 3. The number of fused-ring (bicyclic) bond motifs is 3. The molecule has 0 radical (unpaired) electrons. The van der Waals surface area contributed by atoms with Gasteiger partial charge in [0.25, 0.3) is 0 Å². The van der Waals surface area contributed by atoms with Crippen LogP contribution in [0.25, 0.3) is 32.4 Å². The second kappa shape index (κ2) is 21.2. The molecule has 8 aromatic rings. The summed E-state index contributed by atoms with van der Waals surface area (Å²) < 4.78 is 2.28. The molecule has 1 atom stereocenters. The minimum atomic E-state index is -0.357. The van der Waals surface area contributed by atoms with E-state index in [9.17, 15) is 0 Å². The zero-order valence-corrected chi connectivity index (χ0v) is 34.2. The maximum Gasteiger partial charge on any atom is 0.0463 e. The summed E-state index contributed by atoms with van der Waals surface area (Å²) in [7, 11) is 0. The van der Waals surface area contributed by atoms with E-state index in [1.165, 1.54) is 27.5 Å². The standard InChI is InChI=1S/C28H25N3.3C7H7.Hf/c1-20-11-10-12-21(2)27(20)30-28(29-19-22-13-4-3-5-14-22)31-25-17-8-6-15-23(25)24-16-7-9-18-26(24)31;3*1-7-5-3-2-4-6-7;/h3-18,28H,19H2,1-2H3;3*2-6H,1H2;/q-2;3*-1;. The molecule has 1 unspecified atom stereocenters. The molecule has 0 saturated heterocycles. The van der Waals surface area contributed by atoms with E-state index < -0.39 is 0 Å². The maximum absolute atomic E-state index is 5.21. The Balaban J connectivity index is 0.000000229. The summed E-state index contributed by atoms with van der Waals surface area (Å²) in [6.07, 6.45) is -0.357. The van der Waals surface area contributed by atoms with Crippen LogP contribution in [0.5, 0.6) is 0 Å². The van der Waals surface area contributed by atoms with Crippen molar-refractivity contribution in [2.45, 2.75) is 26.7 Å². The van der Waals surface area contributed by atoms with Crippen molar-refractivity contribution in [3.63, 3.8) is 0 Å². The number of aromatic nitrogens is 1. The van der Waals surface area contributed by atoms with Gasteiger partial charge >= 0.3 is 0 Å². The van der Waals surface area contributed by atoms with Crippen LogP contribution in [0.4, 0.5) is 5.69 Å². The molecule has 0 saturated carbocycles. The third-order valence-electron chi connectivity index (χ3n) is 8.34. The average molecular weight is 855 g/mol. The number of rotatable bonds is 6. The number of aryl methyl sites for hydroxylation is 2. The van der Waals surface area contributed by atoms with Crippen LogP contribution in [0.3, 0.4) is 0 Å². The van der Waals surface area contributed by atoms with Crippen molar-refractivity contribution in [3.05, 3.63) is 253 Å². The molecule has 1 heterocycles. The Labute approximate surface area is 335 Å². The zero-order valence-electron chi connectivity index (χ0n) is 30.6. The van der Waals surface area contributed by atoms with Crippen molar-refractivity contribution in [3.8, 4) is 0 Å². The third-order valence-corrected chi connectivity index (χ3v) is 8.34. The quantitative estimate of drug-likeness (QED) is 0.118. The molecule has 0 spiro atoms. The third kappa shape index (κ3) is 12.1. The Morgan fingerprint density at radius 2 is 0.811 bits per heavy atom. The second-order valence-corrected chi connectivity index (χ2v) is 12.4. The number of nitrogens with zero attached hydrogens (tertiary/aromatic N) is 3. The van der Waals surface area contributed by atoms with Crippen molar-refractivity contribution in [1.29, 1.82) is 0 Å². The minimum absolute atomic E-state index is 0. The Kier molecular flexibility index (Phi) is 16.1. The molecule has 0 aliphatic carbocycles. The van der Waals surface area contributed by atoms with Gasteiger partial charge in [0.05, 0.1) is 0 Å². The molecule has 0 fully saturated rings. The van der Waals surface area contributed by atoms with Gasteiger partial charge in [0.15, 0.2) is 0 Å². The summed E-state index contributed by atoms with van der Waals surface area (Å²) in [4.78, 5) is 0. The number of hydrogen-bond donors (Lipinski definition) is 0. The molecule has 8 rings (SSSR count). The minimum Gasteiger partial charge on any atom is -0.682 e. The molecule has 0 amide bonds. The van der Waals surface area contributed by atoms with Crippen LogP contribution in [-0.2, 0) is 32.4 Å². The normalized spacial score (nSPS) is 10.6. The van der Waals surface area contributed by atoms with E-state index in [4.69, 9.17) is 10.6 Å². The van der Waals surface area contributed by atoms with Crippen molar-refractivity contribution >= 4 is 27.5 Å². The molecule has 53 heavy (non-hydrogen) atoms. The fourth-order valence-corrected chi connectivity index (χ4v) is 5.71. The molecule has 4 heteroatoms. The molecule has 0 bridgehead atoms. The first-order valence-corrected chi connectivity index (χ1v) is 17.5. The SMILES string of the molecule is Cc1cccc(C)c1[N-]C([N-]Cc1ccccc1)n1c2ccccc2c2ccccc21.[CH2-]c1ccccc1.[CH2-]c1ccccc1.[CH2-]c1ccccc1.[Hf]. The van der Waals surface area contributed by atoms with Gasteiger partial charge in [0, 0.05) is 47.6 Å². The molecule has 7 aromatic carbocycles. The van der Waals surface area contributed by atoms with Crippen molar-refractivity contribution in [2.24, 2.45) is 0 Å². The Morgan fingerprint density at radius 1 is 0.453 bits per heavy atom. The van der Waals surface area contributed by atoms with Gasteiger partial charge in [-0.1, -0.05) is 120 Å². The van der Waals surface area contributed by atoms with Crippen LogP contribution in [0.1, 0.15) is 39.7 Å². The molecule has 0 aliphatic rings. The van der Waals surface area contributed by atoms with Gasteiger partial charge in [-0.15, -0.1) is 54.9 Å². The smallest absolute Gasteiger partial charge is 0.0463 e. The molecular weight excluding hydrogens is 809 g/mol. The van der Waals surface area contributed by atoms with E-state index in [-0.39, 0.29) is 32.1 Å². The zero-order chi connectivity index (χ0) is 36.5. The van der Waals surface area contributed by atoms with Gasteiger partial charge in [-0.05, 0) is 26.0 Å². The summed E-state index contributed by atoms with van der Waals surface area (Å²) in [5.41, 5.74) is 10.1. The van der Waals surface area contributed by atoms with E-state index in [0.29, 0.717) is 6.54 Å². The maximum atomic E-state index is 5.21. The summed E-state index contributed by atoms with van der Waals surface area (Å²) in [6.45, 7) is 16.0. The van der Waals surface area contributed by atoms with Crippen LogP contribution >= 0.6 is 0 Å². The average Bonchev–Trinajstić information content (AvgIpc) is 3.51. The summed E-state index contributed by atoms with van der Waals surface area (Å²) in [5.74, 6) is 0. The fraction of sp³-hybridized carbons (Fsp3) is 0.0816. The van der Waals surface area contributed by atoms with E-state index in [1.54, 1.807) is 0 Å². The van der Waals surface area contributed by atoms with E-state index in [0.717, 1.165) is 33.4 Å². The van der Waals surface area contributed by atoms with Crippen LogP contribution in [0.15, 0.2) is 188 Å². The molecule has 1 aromatic heterocycles. The predicted molar refractivity (Wildman–Crippen MR) is 224 cm³/mol. The molecule has 266 valence electrons. The molecule has 3 nitrogen and oxygen atoms in total. The summed E-state index contributed by atoms with van der Waals surface area (Å²) in [5, 5.41) is 12.8. The van der Waals surface area contributed by atoms with Crippen molar-refractivity contribution in [1.82, 2.24) is 4.57 Å². The monoisotopic (exact) mass is 856 g/mol. The van der Waals surface area contributed by atoms with Gasteiger partial charge in [0.2, 0.25) is 0 Å². The van der Waals surface area contributed by atoms with Crippen molar-refractivity contribution < 1.29 is 25.8 Å². The predicted octanol–water partition coefficient (Wildman–Crippen LogP) is 13.8. The van der Waals surface area contributed by atoms with E-state index in [2.05, 4.69) is 130 Å².